The number of esters is 1. The van der Waals surface area contributed by atoms with E-state index < -0.39 is 0 Å². The van der Waals surface area contributed by atoms with Crippen molar-refractivity contribution >= 4 is 5.97 Å². The predicted molar refractivity (Wildman–Crippen MR) is 207 cm³/mol. The molecular weight excluding hydrogens is 585 g/mol. The molecule has 0 radical (unpaired) electrons. The molecule has 3 fully saturated rings. The van der Waals surface area contributed by atoms with Gasteiger partial charge in [-0.05, 0) is 123 Å². The lowest BCUT2D eigenvalue weighted by atomic mass is 9.47. The highest BCUT2D eigenvalue weighted by Crippen LogP contribution is 2.67. The zero-order valence-electron chi connectivity index (χ0n) is 32.6. The quantitative estimate of drug-likeness (QED) is 0.0596. The van der Waals surface area contributed by atoms with E-state index in [4.69, 9.17) is 4.74 Å². The van der Waals surface area contributed by atoms with Crippen LogP contribution in [0.15, 0.2) is 48.1 Å². The Bertz CT molecular complexity index is 1090. The van der Waals surface area contributed by atoms with Crippen molar-refractivity contribution in [3.8, 4) is 0 Å². The fourth-order valence-corrected chi connectivity index (χ4v) is 10.9. The predicted octanol–water partition coefficient (Wildman–Crippen LogP) is 13.8. The van der Waals surface area contributed by atoms with E-state index in [1.165, 1.54) is 89.9 Å². The summed E-state index contributed by atoms with van der Waals surface area (Å²) in [6.07, 6.45) is 40.2. The molecule has 0 saturated heterocycles. The van der Waals surface area contributed by atoms with Gasteiger partial charge in [0.05, 0.1) is 0 Å². The summed E-state index contributed by atoms with van der Waals surface area (Å²) in [4.78, 5) is 12.8. The van der Waals surface area contributed by atoms with Gasteiger partial charge in [-0.3, -0.25) is 4.79 Å². The molecule has 0 amide bonds. The van der Waals surface area contributed by atoms with Crippen molar-refractivity contribution in [2.45, 2.75) is 183 Å². The minimum Gasteiger partial charge on any atom is -0.462 e. The van der Waals surface area contributed by atoms with Gasteiger partial charge in [-0.1, -0.05) is 142 Å². The molecule has 0 spiro atoms. The van der Waals surface area contributed by atoms with Gasteiger partial charge >= 0.3 is 5.97 Å². The summed E-state index contributed by atoms with van der Waals surface area (Å²) >= 11 is 0. The third-order valence-electron chi connectivity index (χ3n) is 14.4. The standard InChI is InChI=1S/C46H76O2/c1-8-9-10-11-12-13-14-15-16-17-18-19-20-21-22-23-44(47)48-39-30-32-45(6)38(34-39)26-27-40-42-29-28-41(46(42,7)33-31-43(40)45)37(5)25-24-36(4)35(2)3/h9-14,26,35-37,39-43H,8,15-25,27-34H2,1-7H3/b10-9+,12-11+,14-13+. The normalized spacial score (nSPS) is 33.2. The highest BCUT2D eigenvalue weighted by Gasteiger charge is 2.59. The molecule has 9 unspecified atom stereocenters. The van der Waals surface area contributed by atoms with E-state index in [1.807, 2.05) is 0 Å². The largest absolute Gasteiger partial charge is 0.462 e. The van der Waals surface area contributed by atoms with E-state index in [-0.39, 0.29) is 12.1 Å². The summed E-state index contributed by atoms with van der Waals surface area (Å²) in [5, 5.41) is 0. The van der Waals surface area contributed by atoms with Gasteiger partial charge in [-0.2, -0.15) is 0 Å². The van der Waals surface area contributed by atoms with E-state index in [1.54, 1.807) is 5.57 Å². The molecule has 9 atom stereocenters. The minimum atomic E-state index is 0.0475. The average Bonchev–Trinajstić information content (AvgIpc) is 3.42. The topological polar surface area (TPSA) is 26.3 Å². The molecule has 0 aromatic heterocycles. The molecule has 3 saturated carbocycles. The van der Waals surface area contributed by atoms with Crippen LogP contribution in [-0.4, -0.2) is 12.1 Å². The summed E-state index contributed by atoms with van der Waals surface area (Å²) < 4.78 is 6.13. The molecule has 4 rings (SSSR count). The molecular formula is C46H76O2. The molecule has 0 N–H and O–H groups in total. The van der Waals surface area contributed by atoms with Gasteiger partial charge in [0.15, 0.2) is 0 Å². The Morgan fingerprint density at radius 1 is 0.833 bits per heavy atom. The lowest BCUT2D eigenvalue weighted by molar-refractivity contribution is -0.151. The van der Waals surface area contributed by atoms with Crippen LogP contribution in [0, 0.1) is 52.3 Å². The molecule has 0 aliphatic heterocycles. The van der Waals surface area contributed by atoms with Gasteiger partial charge in [-0.25, -0.2) is 0 Å². The van der Waals surface area contributed by atoms with Crippen LogP contribution in [0.25, 0.3) is 0 Å². The maximum Gasteiger partial charge on any atom is 0.306 e. The highest BCUT2D eigenvalue weighted by atomic mass is 16.5. The van der Waals surface area contributed by atoms with Crippen molar-refractivity contribution in [3.63, 3.8) is 0 Å². The molecule has 0 bridgehead atoms. The maximum atomic E-state index is 12.8. The van der Waals surface area contributed by atoms with Crippen molar-refractivity contribution in [1.29, 1.82) is 0 Å². The van der Waals surface area contributed by atoms with E-state index in [0.29, 0.717) is 17.3 Å². The first kappa shape index (κ1) is 39.2. The van der Waals surface area contributed by atoms with Crippen molar-refractivity contribution in [2.75, 3.05) is 0 Å². The van der Waals surface area contributed by atoms with Crippen LogP contribution in [0.4, 0.5) is 0 Å². The van der Waals surface area contributed by atoms with Crippen LogP contribution < -0.4 is 0 Å². The second-order valence-corrected chi connectivity index (χ2v) is 17.8. The van der Waals surface area contributed by atoms with Crippen molar-refractivity contribution in [2.24, 2.45) is 52.3 Å². The number of hydrogen-bond donors (Lipinski definition) is 0. The van der Waals surface area contributed by atoms with Crippen molar-refractivity contribution in [3.05, 3.63) is 48.1 Å². The smallest absolute Gasteiger partial charge is 0.306 e. The van der Waals surface area contributed by atoms with Gasteiger partial charge in [-0.15, -0.1) is 0 Å². The number of carbonyl (C=O) groups is 1. The van der Waals surface area contributed by atoms with E-state index in [2.05, 4.69) is 91.0 Å². The third-order valence-corrected chi connectivity index (χ3v) is 14.4. The highest BCUT2D eigenvalue weighted by molar-refractivity contribution is 5.69. The molecule has 4 aliphatic rings. The molecule has 48 heavy (non-hydrogen) atoms. The Kier molecular flexibility index (Phi) is 15.6. The summed E-state index contributed by atoms with van der Waals surface area (Å²) in [6, 6.07) is 0. The first-order valence-corrected chi connectivity index (χ1v) is 21.0. The lowest BCUT2D eigenvalue weighted by Crippen LogP contribution is -2.51. The number of unbranched alkanes of at least 4 members (excludes halogenated alkanes) is 7. The molecule has 2 heteroatoms. The van der Waals surface area contributed by atoms with E-state index in [0.717, 1.165) is 73.5 Å². The molecule has 0 aromatic rings. The second-order valence-electron chi connectivity index (χ2n) is 17.8. The molecule has 0 heterocycles. The first-order chi connectivity index (χ1) is 23.1. The number of hydrogen-bond acceptors (Lipinski definition) is 2. The van der Waals surface area contributed by atoms with Gasteiger partial charge in [0.25, 0.3) is 0 Å². The van der Waals surface area contributed by atoms with Crippen LogP contribution in [0.5, 0.6) is 0 Å². The van der Waals surface area contributed by atoms with Gasteiger partial charge in [0.1, 0.15) is 6.10 Å². The minimum absolute atomic E-state index is 0.0475. The summed E-state index contributed by atoms with van der Waals surface area (Å²) in [6.45, 7) is 17.3. The maximum absolute atomic E-state index is 12.8. The van der Waals surface area contributed by atoms with Crippen molar-refractivity contribution in [1.82, 2.24) is 0 Å². The number of ether oxygens (including phenoxy) is 1. The lowest BCUT2D eigenvalue weighted by Gasteiger charge is -2.58. The third kappa shape index (κ3) is 10.2. The average molecular weight is 661 g/mol. The van der Waals surface area contributed by atoms with Crippen LogP contribution >= 0.6 is 0 Å². The first-order valence-electron chi connectivity index (χ1n) is 21.0. The number of allylic oxidation sites excluding steroid dienone is 7. The Hall–Kier alpha value is -1.57. The zero-order valence-corrected chi connectivity index (χ0v) is 32.6. The monoisotopic (exact) mass is 661 g/mol. The Morgan fingerprint density at radius 2 is 1.54 bits per heavy atom. The summed E-state index contributed by atoms with van der Waals surface area (Å²) in [7, 11) is 0. The Morgan fingerprint density at radius 3 is 2.27 bits per heavy atom. The molecule has 272 valence electrons. The molecule has 4 aliphatic carbocycles. The van der Waals surface area contributed by atoms with Crippen LogP contribution in [0.2, 0.25) is 0 Å². The summed E-state index contributed by atoms with van der Waals surface area (Å²) in [5.74, 6) is 6.05. The molecule has 2 nitrogen and oxygen atoms in total. The van der Waals surface area contributed by atoms with Crippen LogP contribution in [0.1, 0.15) is 177 Å². The Labute approximate surface area is 298 Å². The van der Waals surface area contributed by atoms with Gasteiger partial charge in [0, 0.05) is 12.8 Å². The van der Waals surface area contributed by atoms with Crippen LogP contribution in [-0.2, 0) is 9.53 Å². The van der Waals surface area contributed by atoms with E-state index in [9.17, 15) is 4.79 Å². The molecule has 0 aromatic carbocycles. The fourth-order valence-electron chi connectivity index (χ4n) is 10.9. The van der Waals surface area contributed by atoms with Crippen molar-refractivity contribution < 1.29 is 9.53 Å². The number of rotatable bonds is 19. The second kappa shape index (κ2) is 19.2. The SMILES string of the molecule is CC/C=C/C=C/C=C/CCCCCCCCCC(=O)OC1CCC2(C)C(=CCC3C2CCC2(C)C(C(C)CCC(C)C(C)C)CCC32)C1. The Balaban J connectivity index is 1.14. The van der Waals surface area contributed by atoms with E-state index >= 15 is 0 Å². The summed E-state index contributed by atoms with van der Waals surface area (Å²) in [5.41, 5.74) is 2.50. The van der Waals surface area contributed by atoms with Crippen LogP contribution in [0.3, 0.4) is 0 Å². The zero-order chi connectivity index (χ0) is 34.6. The van der Waals surface area contributed by atoms with Gasteiger partial charge < -0.3 is 4.74 Å². The number of carbonyl (C=O) groups excluding carboxylic acids is 1. The van der Waals surface area contributed by atoms with Gasteiger partial charge in [0.2, 0.25) is 0 Å². The fraction of sp³-hybridized carbons (Fsp3) is 0.804. The number of fused-ring (bicyclic) bond motifs is 5.